The van der Waals surface area contributed by atoms with E-state index in [1.54, 1.807) is 24.3 Å². The molecule has 0 bridgehead atoms. The molecule has 0 aliphatic carbocycles. The molecule has 13 heteroatoms. The van der Waals surface area contributed by atoms with Gasteiger partial charge in [-0.1, -0.05) is 30.3 Å². The van der Waals surface area contributed by atoms with Crippen LogP contribution in [0.5, 0.6) is 0 Å². The van der Waals surface area contributed by atoms with Gasteiger partial charge in [0.2, 0.25) is 23.6 Å². The first-order chi connectivity index (χ1) is 16.0. The summed E-state index contributed by atoms with van der Waals surface area (Å²) >= 11 is 0. The molecule has 186 valence electrons. The summed E-state index contributed by atoms with van der Waals surface area (Å²) in [6.45, 7) is -0.525. The molecule has 0 heterocycles. The van der Waals surface area contributed by atoms with Crippen molar-refractivity contribution in [2.75, 3.05) is 6.54 Å². The van der Waals surface area contributed by atoms with Crippen LogP contribution in [-0.2, 0) is 35.2 Å². The fourth-order valence-corrected chi connectivity index (χ4v) is 2.86. The van der Waals surface area contributed by atoms with Crippen LogP contribution in [0.25, 0.3) is 0 Å². The smallest absolute Gasteiger partial charge is 0.326 e. The van der Waals surface area contributed by atoms with Crippen molar-refractivity contribution in [2.24, 2.45) is 11.5 Å². The zero-order chi connectivity index (χ0) is 25.7. The van der Waals surface area contributed by atoms with Crippen molar-refractivity contribution in [1.29, 1.82) is 0 Å². The summed E-state index contributed by atoms with van der Waals surface area (Å²) in [5.74, 6) is -5.80. The molecule has 1 aromatic carbocycles. The lowest BCUT2D eigenvalue weighted by atomic mass is 10.1. The Labute approximate surface area is 195 Å². The predicted molar refractivity (Wildman–Crippen MR) is 118 cm³/mol. The van der Waals surface area contributed by atoms with Gasteiger partial charge in [0.15, 0.2) is 0 Å². The van der Waals surface area contributed by atoms with Crippen LogP contribution in [0.1, 0.15) is 31.2 Å². The normalized spacial score (nSPS) is 13.1. The molecule has 1 aromatic rings. The van der Waals surface area contributed by atoms with Crippen LogP contribution < -0.4 is 27.4 Å². The van der Waals surface area contributed by atoms with Gasteiger partial charge in [-0.05, 0) is 24.8 Å². The van der Waals surface area contributed by atoms with E-state index in [-0.39, 0.29) is 25.7 Å². The molecular formula is C21H29N5O8. The summed E-state index contributed by atoms with van der Waals surface area (Å²) in [6, 6.07) is 5.20. The van der Waals surface area contributed by atoms with Crippen molar-refractivity contribution in [2.45, 2.75) is 50.2 Å². The number of rotatable bonds is 15. The molecule has 0 fully saturated rings. The zero-order valence-electron chi connectivity index (χ0n) is 18.4. The van der Waals surface area contributed by atoms with E-state index >= 15 is 0 Å². The summed E-state index contributed by atoms with van der Waals surface area (Å²) in [7, 11) is 0. The molecule has 0 saturated carbocycles. The van der Waals surface area contributed by atoms with Gasteiger partial charge in [0, 0.05) is 12.8 Å². The minimum atomic E-state index is -1.52. The number of carboxylic acids is 2. The summed E-state index contributed by atoms with van der Waals surface area (Å²) in [5.41, 5.74) is 11.8. The molecule has 34 heavy (non-hydrogen) atoms. The second kappa shape index (κ2) is 14.2. The molecule has 0 saturated heterocycles. The van der Waals surface area contributed by atoms with Crippen LogP contribution in [0.15, 0.2) is 30.3 Å². The van der Waals surface area contributed by atoms with Crippen molar-refractivity contribution in [3.05, 3.63) is 35.9 Å². The van der Waals surface area contributed by atoms with E-state index in [9.17, 15) is 33.9 Å². The first-order valence-electron chi connectivity index (χ1n) is 10.4. The molecule has 9 N–H and O–H groups in total. The number of primary amides is 1. The minimum Gasteiger partial charge on any atom is -0.481 e. The van der Waals surface area contributed by atoms with Crippen molar-refractivity contribution in [3.8, 4) is 0 Å². The van der Waals surface area contributed by atoms with Crippen LogP contribution in [0.4, 0.5) is 0 Å². The molecule has 0 aromatic heterocycles. The number of carboxylic acid groups (broad SMARTS) is 2. The monoisotopic (exact) mass is 479 g/mol. The Bertz CT molecular complexity index is 892. The Morgan fingerprint density at radius 2 is 1.47 bits per heavy atom. The molecule has 1 rings (SSSR count). The van der Waals surface area contributed by atoms with E-state index in [2.05, 4.69) is 16.0 Å². The maximum atomic E-state index is 12.5. The molecule has 3 unspecified atom stereocenters. The van der Waals surface area contributed by atoms with Crippen LogP contribution in [0.2, 0.25) is 0 Å². The minimum absolute atomic E-state index is 0.236. The van der Waals surface area contributed by atoms with Gasteiger partial charge in [0.05, 0.1) is 12.6 Å². The highest BCUT2D eigenvalue weighted by Gasteiger charge is 2.27. The lowest BCUT2D eigenvalue weighted by molar-refractivity contribution is -0.143. The number of hydrogen-bond donors (Lipinski definition) is 7. The number of carbonyl (C=O) groups excluding carboxylic acids is 4. The Balaban J connectivity index is 2.68. The standard InChI is InChI=1S/C21H29N5O8/c22-13(10-12-4-2-1-3-5-12)19(31)24-11-17(28)25-14(6-8-16(23)27)20(32)26-15(21(33)34)7-9-18(29)30/h1-5,13-15H,6-11,22H2,(H2,23,27)(H,24,31)(H,25,28)(H,26,32)(H,29,30)(H,33,34). The first kappa shape index (κ1) is 28.0. The lowest BCUT2D eigenvalue weighted by Crippen LogP contribution is -2.54. The van der Waals surface area contributed by atoms with E-state index < -0.39 is 66.7 Å². The van der Waals surface area contributed by atoms with Crippen molar-refractivity contribution in [3.63, 3.8) is 0 Å². The zero-order valence-corrected chi connectivity index (χ0v) is 18.4. The third-order valence-electron chi connectivity index (χ3n) is 4.65. The van der Waals surface area contributed by atoms with Gasteiger partial charge >= 0.3 is 11.9 Å². The van der Waals surface area contributed by atoms with E-state index in [0.29, 0.717) is 0 Å². The Kier molecular flexibility index (Phi) is 11.7. The summed E-state index contributed by atoms with van der Waals surface area (Å²) in [4.78, 5) is 70.0. The Hall–Kier alpha value is -4.00. The molecule has 0 aliphatic rings. The average molecular weight is 479 g/mol. The first-order valence-corrected chi connectivity index (χ1v) is 10.4. The van der Waals surface area contributed by atoms with Crippen LogP contribution in [-0.4, -0.2) is 70.5 Å². The fraction of sp³-hybridized carbons (Fsp3) is 0.429. The largest absolute Gasteiger partial charge is 0.481 e. The van der Waals surface area contributed by atoms with Gasteiger partial charge in [-0.2, -0.15) is 0 Å². The average Bonchev–Trinajstić information content (AvgIpc) is 2.77. The van der Waals surface area contributed by atoms with Gasteiger partial charge in [-0.15, -0.1) is 0 Å². The van der Waals surface area contributed by atoms with E-state index in [0.717, 1.165) is 5.56 Å². The van der Waals surface area contributed by atoms with Crippen molar-refractivity contribution in [1.82, 2.24) is 16.0 Å². The van der Waals surface area contributed by atoms with E-state index in [1.807, 2.05) is 6.07 Å². The molecule has 0 radical (unpaired) electrons. The third kappa shape index (κ3) is 11.0. The highest BCUT2D eigenvalue weighted by molar-refractivity contribution is 5.93. The number of aliphatic carboxylic acids is 2. The Morgan fingerprint density at radius 1 is 0.853 bits per heavy atom. The molecule has 0 aliphatic heterocycles. The van der Waals surface area contributed by atoms with E-state index in [4.69, 9.17) is 16.6 Å². The second-order valence-corrected chi connectivity index (χ2v) is 7.47. The van der Waals surface area contributed by atoms with E-state index in [1.165, 1.54) is 0 Å². The van der Waals surface area contributed by atoms with Gasteiger partial charge in [0.25, 0.3) is 0 Å². The van der Waals surface area contributed by atoms with Crippen molar-refractivity contribution >= 4 is 35.6 Å². The molecule has 13 nitrogen and oxygen atoms in total. The number of carbonyl (C=O) groups is 6. The maximum Gasteiger partial charge on any atom is 0.326 e. The fourth-order valence-electron chi connectivity index (χ4n) is 2.86. The summed E-state index contributed by atoms with van der Waals surface area (Å²) in [5, 5.41) is 24.7. The Morgan fingerprint density at radius 3 is 2.03 bits per heavy atom. The van der Waals surface area contributed by atoms with Crippen LogP contribution >= 0.6 is 0 Å². The predicted octanol–water partition coefficient (Wildman–Crippen LogP) is -2.14. The number of amides is 4. The molecule has 4 amide bonds. The topological polar surface area (TPSA) is 231 Å². The second-order valence-electron chi connectivity index (χ2n) is 7.47. The summed E-state index contributed by atoms with van der Waals surface area (Å²) < 4.78 is 0. The molecular weight excluding hydrogens is 450 g/mol. The van der Waals surface area contributed by atoms with Crippen LogP contribution in [0, 0.1) is 0 Å². The number of nitrogens with two attached hydrogens (primary N) is 2. The third-order valence-corrected chi connectivity index (χ3v) is 4.65. The number of benzene rings is 1. The maximum absolute atomic E-state index is 12.5. The number of hydrogen-bond acceptors (Lipinski definition) is 7. The van der Waals surface area contributed by atoms with Gasteiger partial charge in [0.1, 0.15) is 12.1 Å². The highest BCUT2D eigenvalue weighted by Crippen LogP contribution is 2.04. The molecule has 0 spiro atoms. The van der Waals surface area contributed by atoms with Gasteiger partial charge in [-0.25, -0.2) is 4.79 Å². The summed E-state index contributed by atoms with van der Waals surface area (Å²) in [6.07, 6.45) is -1.18. The van der Waals surface area contributed by atoms with Gasteiger partial charge in [-0.3, -0.25) is 24.0 Å². The quantitative estimate of drug-likeness (QED) is 0.145. The van der Waals surface area contributed by atoms with Gasteiger partial charge < -0.3 is 37.6 Å². The SMILES string of the molecule is NC(=O)CCC(NC(=O)CNC(=O)C(N)Cc1ccccc1)C(=O)NC(CCC(=O)O)C(=O)O. The van der Waals surface area contributed by atoms with Crippen LogP contribution in [0.3, 0.4) is 0 Å². The highest BCUT2D eigenvalue weighted by atomic mass is 16.4. The lowest BCUT2D eigenvalue weighted by Gasteiger charge is -2.21. The van der Waals surface area contributed by atoms with Crippen molar-refractivity contribution < 1.29 is 39.0 Å². The molecule has 3 atom stereocenters. The number of nitrogens with one attached hydrogen (secondary N) is 3.